The molecule has 23 nitrogen and oxygen atoms in total. The van der Waals surface area contributed by atoms with E-state index < -0.39 is 52.4 Å². The summed E-state index contributed by atoms with van der Waals surface area (Å²) in [6.45, 7) is 8.54. The lowest BCUT2D eigenvalue weighted by molar-refractivity contribution is -0.136. The van der Waals surface area contributed by atoms with Crippen LogP contribution in [0.1, 0.15) is 80.3 Å². The second-order valence-electron chi connectivity index (χ2n) is 22.8. The maximum atomic E-state index is 15.1. The molecule has 4 aliphatic heterocycles. The van der Waals surface area contributed by atoms with Gasteiger partial charge in [-0.15, -0.1) is 0 Å². The van der Waals surface area contributed by atoms with Crippen molar-refractivity contribution in [3.63, 3.8) is 0 Å². The molecule has 24 heteroatoms. The second kappa shape index (κ2) is 27.4. The van der Waals surface area contributed by atoms with E-state index >= 15 is 4.79 Å². The predicted octanol–water partition coefficient (Wildman–Crippen LogP) is 5.46. The van der Waals surface area contributed by atoms with Crippen LogP contribution < -0.4 is 35.1 Å². The number of piperazine rings is 1. The van der Waals surface area contributed by atoms with Gasteiger partial charge in [-0.2, -0.15) is 22.1 Å². The third-order valence-electron chi connectivity index (χ3n) is 16.9. The first kappa shape index (κ1) is 61.9. The Morgan fingerprint density at radius 3 is 2.20 bits per heavy atom. The highest BCUT2D eigenvalue weighted by Crippen LogP contribution is 2.40. The number of carbonyl (C=O) groups excluding carboxylic acids is 6. The minimum atomic E-state index is -3.49. The Kier molecular flexibility index (Phi) is 19.1. The fraction of sp³-hybridized carbons (Fsp3) is 0.400. The number of piperidine rings is 1. The largest absolute Gasteiger partial charge is 0.493 e. The first-order valence-corrected chi connectivity index (χ1v) is 31.7. The summed E-state index contributed by atoms with van der Waals surface area (Å²) in [7, 11) is 1.51. The van der Waals surface area contributed by atoms with E-state index in [2.05, 4.69) is 60.6 Å². The van der Waals surface area contributed by atoms with E-state index in [1.54, 1.807) is 14.1 Å². The van der Waals surface area contributed by atoms with Crippen molar-refractivity contribution in [1.82, 2.24) is 48.7 Å². The Morgan fingerprint density at radius 1 is 0.742 bits per heavy atom. The number of carbonyl (C=O) groups is 6. The van der Waals surface area contributed by atoms with Crippen LogP contribution >= 0.6 is 0 Å². The number of unbranched alkanes of at least 4 members (excludes halogenated alkanes) is 1. The molecule has 2 aromatic heterocycles. The summed E-state index contributed by atoms with van der Waals surface area (Å²) >= 11 is 0. The van der Waals surface area contributed by atoms with Crippen LogP contribution in [0.5, 0.6) is 17.2 Å². The number of fused-ring (bicyclic) bond motifs is 3. The molecule has 6 amide bonds. The van der Waals surface area contributed by atoms with Crippen molar-refractivity contribution < 1.29 is 56.1 Å². The highest BCUT2D eigenvalue weighted by atomic mass is 32.2. The van der Waals surface area contributed by atoms with Gasteiger partial charge in [0.25, 0.3) is 33.8 Å². The molecule has 1 unspecified atom stereocenters. The smallest absolute Gasteiger partial charge is 0.281 e. The molecule has 11 rings (SSSR count). The number of nitrogens with one attached hydrogen (secondary N) is 3. The van der Waals surface area contributed by atoms with E-state index in [-0.39, 0.29) is 48.8 Å². The van der Waals surface area contributed by atoms with Gasteiger partial charge in [0.2, 0.25) is 11.8 Å². The molecular weight excluding hydrogens is 1160 g/mol. The van der Waals surface area contributed by atoms with Crippen molar-refractivity contribution in [3.8, 4) is 28.4 Å². The minimum Gasteiger partial charge on any atom is -0.493 e. The van der Waals surface area contributed by atoms with Crippen molar-refractivity contribution in [3.05, 3.63) is 137 Å². The molecule has 3 saturated heterocycles. The van der Waals surface area contributed by atoms with E-state index in [9.17, 15) is 32.4 Å². The highest BCUT2D eigenvalue weighted by Gasteiger charge is 2.46. The van der Waals surface area contributed by atoms with Gasteiger partial charge in [-0.3, -0.25) is 48.6 Å². The van der Waals surface area contributed by atoms with Gasteiger partial charge in [-0.1, -0.05) is 60.7 Å². The number of aromatic nitrogens is 3. The average molecular weight is 1230 g/mol. The van der Waals surface area contributed by atoms with Crippen molar-refractivity contribution in [2.75, 3.05) is 104 Å². The summed E-state index contributed by atoms with van der Waals surface area (Å²) in [5.41, 5.74) is 6.80. The highest BCUT2D eigenvalue weighted by molar-refractivity contribution is 7.86. The van der Waals surface area contributed by atoms with Gasteiger partial charge in [0, 0.05) is 121 Å². The molecule has 4 aliphatic rings. The number of aryl methyl sites for hydroxylation is 3. The van der Waals surface area contributed by atoms with Crippen LogP contribution in [0, 0.1) is 6.92 Å². The summed E-state index contributed by atoms with van der Waals surface area (Å²) in [5.74, 6) is -1.83. The number of morpholine rings is 1. The quantitative estimate of drug-likeness (QED) is 0.0475. The van der Waals surface area contributed by atoms with Crippen LogP contribution in [0.4, 0.5) is 5.69 Å². The van der Waals surface area contributed by atoms with Crippen LogP contribution in [0.3, 0.4) is 0 Å². The van der Waals surface area contributed by atoms with Gasteiger partial charge in [-0.25, -0.2) is 0 Å². The van der Waals surface area contributed by atoms with Crippen LogP contribution in [0.15, 0.2) is 103 Å². The van der Waals surface area contributed by atoms with Gasteiger partial charge in [-0.05, 0) is 92.4 Å². The summed E-state index contributed by atoms with van der Waals surface area (Å²) in [4.78, 5) is 85.0. The molecule has 1 atom stereocenters. The summed E-state index contributed by atoms with van der Waals surface area (Å²) < 4.78 is 56.9. The fourth-order valence-electron chi connectivity index (χ4n) is 12.3. The molecule has 0 saturated carbocycles. The lowest BCUT2D eigenvalue weighted by atomic mass is 9.98. The molecule has 6 heterocycles. The zero-order valence-electron chi connectivity index (χ0n) is 50.6. The molecule has 3 N–H and O–H groups in total. The zero-order chi connectivity index (χ0) is 62.3. The van der Waals surface area contributed by atoms with E-state index in [1.165, 1.54) is 26.8 Å². The van der Waals surface area contributed by atoms with Crippen LogP contribution in [-0.2, 0) is 55.9 Å². The lowest BCUT2D eigenvalue weighted by Gasteiger charge is -2.36. The van der Waals surface area contributed by atoms with Crippen molar-refractivity contribution in [2.45, 2.75) is 64.6 Å². The number of rotatable bonds is 25. The normalized spacial score (nSPS) is 16.8. The standard InChI is InChI=1S/C65H75N11O12S/c1-43-58(53(71(4)69-43)41-87-46-24-22-45(23-25-46)73-31-33-74(34-32-73)89(83,84)70(2)3)50-17-10-16-48-49(19-12-38-86-54-20-9-14-44-13-5-6-15-47(44)54)61(75(60(48)50)35-30-72-36-39-85-40-37-72)63(80)67-29-8-7-28-66-57(78)42-88-55-21-11-18-51-59(55)65(82)76(64(51)81)52-26-27-56(77)68-62(52)79/h5-6,9-11,13-18,20-25,52H,7-8,12,19,26-42H2,1-4H3,(H,66,78)(H,67,80)(H,68,77,79). The second-order valence-corrected chi connectivity index (χ2v) is 24.9. The number of ether oxygens (including phenoxy) is 4. The fourth-order valence-corrected chi connectivity index (χ4v) is 13.4. The predicted molar refractivity (Wildman–Crippen MR) is 334 cm³/mol. The van der Waals surface area contributed by atoms with Crippen LogP contribution in [-0.4, -0.2) is 182 Å². The molecule has 5 aromatic carbocycles. The van der Waals surface area contributed by atoms with E-state index in [0.29, 0.717) is 103 Å². The number of hydrogen-bond acceptors (Lipinski definition) is 15. The molecule has 89 heavy (non-hydrogen) atoms. The Balaban J connectivity index is 0.804. The van der Waals surface area contributed by atoms with Gasteiger partial charge in [0.1, 0.15) is 35.6 Å². The summed E-state index contributed by atoms with van der Waals surface area (Å²) in [5, 5.41) is 16.3. The third kappa shape index (κ3) is 13.4. The third-order valence-corrected chi connectivity index (χ3v) is 18.9. The van der Waals surface area contributed by atoms with E-state index in [1.807, 2.05) is 73.3 Å². The molecular formula is C65H75N11O12S. The molecule has 0 bridgehead atoms. The zero-order valence-corrected chi connectivity index (χ0v) is 51.4. The molecule has 7 aromatic rings. The van der Waals surface area contributed by atoms with Crippen molar-refractivity contribution >= 4 is 73.0 Å². The first-order valence-electron chi connectivity index (χ1n) is 30.3. The number of hydrogen-bond donors (Lipinski definition) is 3. The van der Waals surface area contributed by atoms with Gasteiger partial charge in [0.05, 0.1) is 47.9 Å². The molecule has 3 fully saturated rings. The van der Waals surface area contributed by atoms with E-state index in [0.717, 1.165) is 79.2 Å². The number of amides is 6. The topological polar surface area (TPSA) is 249 Å². The number of benzene rings is 5. The Morgan fingerprint density at radius 2 is 1.44 bits per heavy atom. The number of anilines is 1. The first-order chi connectivity index (χ1) is 43.1. The van der Waals surface area contributed by atoms with Crippen LogP contribution in [0.2, 0.25) is 0 Å². The SMILES string of the molecule is Cc1nn(C)c(COc2ccc(N3CCN(S(=O)(=O)N(C)C)CC3)cc2)c1-c1cccc2c(CCCOc3cccc4ccccc34)c(C(=O)NCCCCNC(=O)COc3cccc4c3C(=O)N(C3CCC(=O)NC3=O)C4=O)n(CCN3CCOCC3)c12. The van der Waals surface area contributed by atoms with Gasteiger partial charge in [0.15, 0.2) is 6.61 Å². The minimum absolute atomic E-state index is 0.00673. The average Bonchev–Trinajstić information content (AvgIpc) is 1.65. The molecule has 0 aliphatic carbocycles. The number of para-hydroxylation sites is 1. The molecule has 0 radical (unpaired) electrons. The maximum absolute atomic E-state index is 15.1. The maximum Gasteiger partial charge on any atom is 0.281 e. The van der Waals surface area contributed by atoms with Crippen molar-refractivity contribution in [1.29, 1.82) is 0 Å². The molecule has 0 spiro atoms. The summed E-state index contributed by atoms with van der Waals surface area (Å²) in [6.07, 6.45) is 2.18. The van der Waals surface area contributed by atoms with Crippen molar-refractivity contribution in [2.24, 2.45) is 7.05 Å². The van der Waals surface area contributed by atoms with Gasteiger partial charge >= 0.3 is 0 Å². The lowest BCUT2D eigenvalue weighted by Crippen LogP contribution is -2.54. The molecule has 468 valence electrons. The Labute approximate surface area is 516 Å². The van der Waals surface area contributed by atoms with E-state index in [4.69, 9.17) is 24.0 Å². The number of imide groups is 2. The van der Waals surface area contributed by atoms with Gasteiger partial charge < -0.3 is 39.0 Å². The number of nitrogens with zero attached hydrogens (tertiary/aromatic N) is 8. The summed E-state index contributed by atoms with van der Waals surface area (Å²) in [6, 6.07) is 31.6. The monoisotopic (exact) mass is 1230 g/mol. The van der Waals surface area contributed by atoms with Crippen LogP contribution in [0.25, 0.3) is 32.8 Å². The Bertz CT molecular complexity index is 3920. The Hall–Kier alpha value is -8.68.